The van der Waals surface area contributed by atoms with Crippen molar-refractivity contribution in [2.24, 2.45) is 0 Å². The van der Waals surface area contributed by atoms with Crippen LogP contribution in [-0.4, -0.2) is 50.4 Å². The van der Waals surface area contributed by atoms with E-state index in [2.05, 4.69) is 32.3 Å². The van der Waals surface area contributed by atoms with Crippen molar-refractivity contribution in [3.8, 4) is 28.7 Å². The van der Waals surface area contributed by atoms with Gasteiger partial charge in [-0.3, -0.25) is 14.7 Å². The molecule has 7 rings (SSSR count). The number of nitrogens with zero attached hydrogens (tertiary/aromatic N) is 5. The minimum Gasteiger partial charge on any atom is -0.435 e. The Kier molecular flexibility index (Phi) is 7.47. The van der Waals surface area contributed by atoms with Crippen molar-refractivity contribution in [2.45, 2.75) is 26.0 Å². The fraction of sp³-hybridized carbons (Fsp3) is 0.171. The van der Waals surface area contributed by atoms with Gasteiger partial charge in [0.2, 0.25) is 5.89 Å². The molecule has 222 valence electrons. The van der Waals surface area contributed by atoms with Crippen molar-refractivity contribution >= 4 is 51.4 Å². The number of aromatic nitrogens is 3. The van der Waals surface area contributed by atoms with Gasteiger partial charge in [0, 0.05) is 48.7 Å². The van der Waals surface area contributed by atoms with Gasteiger partial charge in [0.15, 0.2) is 11.4 Å². The standard InChI is InChI=1S/C35H27ClN6O3/c1-20-28(5-6-29(36)31(20)35-41-30-13-21(19-43)11-25(15-37)33(30)45-35)23-3-2-4-26(14-23)40-34-32-24(7-9-38-34)12-22(16-39-32)17-42-10-8-27(44)18-42/h2-7,9,11-14,16,19,27,44H,8,10,17-18H2,1H3,(H,38,40). The zero-order chi connectivity index (χ0) is 31.1. The van der Waals surface area contributed by atoms with Crippen LogP contribution in [0.25, 0.3) is 44.6 Å². The Labute approximate surface area is 263 Å². The lowest BCUT2D eigenvalue weighted by molar-refractivity contribution is 0.112. The summed E-state index contributed by atoms with van der Waals surface area (Å²) >= 11 is 6.68. The number of carbonyl (C=O) groups is 1. The Hall–Kier alpha value is -5.14. The van der Waals surface area contributed by atoms with Gasteiger partial charge in [0.05, 0.1) is 22.3 Å². The SMILES string of the molecule is Cc1c(-c2cccc(Nc3nccc4cc(CN5CCC(O)C5)cnc34)c2)ccc(Cl)c1-c1nc2cc(C=O)cc(C#N)c2o1. The number of benzene rings is 3. The summed E-state index contributed by atoms with van der Waals surface area (Å²) in [5.74, 6) is 0.922. The van der Waals surface area contributed by atoms with Crippen molar-refractivity contribution in [3.05, 3.63) is 100 Å². The number of aldehydes is 1. The van der Waals surface area contributed by atoms with Crippen molar-refractivity contribution < 1.29 is 14.3 Å². The second kappa shape index (κ2) is 11.7. The molecule has 0 amide bonds. The highest BCUT2D eigenvalue weighted by Crippen LogP contribution is 2.39. The van der Waals surface area contributed by atoms with Crippen molar-refractivity contribution in [1.82, 2.24) is 19.9 Å². The summed E-state index contributed by atoms with van der Waals surface area (Å²) in [7, 11) is 0. The number of likely N-dealkylation sites (tertiary alicyclic amines) is 1. The molecular weight excluding hydrogens is 588 g/mol. The number of pyridine rings is 2. The summed E-state index contributed by atoms with van der Waals surface area (Å²) < 4.78 is 6.05. The van der Waals surface area contributed by atoms with Gasteiger partial charge in [-0.2, -0.15) is 5.26 Å². The van der Waals surface area contributed by atoms with E-state index < -0.39 is 0 Å². The van der Waals surface area contributed by atoms with Crippen LogP contribution in [0.15, 0.2) is 77.5 Å². The van der Waals surface area contributed by atoms with Crippen LogP contribution >= 0.6 is 11.6 Å². The Morgan fingerprint density at radius 2 is 2.07 bits per heavy atom. The van der Waals surface area contributed by atoms with Crippen LogP contribution in [0.1, 0.15) is 33.5 Å². The van der Waals surface area contributed by atoms with Gasteiger partial charge in [-0.1, -0.05) is 29.8 Å². The number of aliphatic hydroxyl groups is 1. The maximum atomic E-state index is 11.4. The summed E-state index contributed by atoms with van der Waals surface area (Å²) in [6, 6.07) is 21.0. The summed E-state index contributed by atoms with van der Waals surface area (Å²) in [6.45, 7) is 4.26. The van der Waals surface area contributed by atoms with Gasteiger partial charge in [0.1, 0.15) is 23.4 Å². The van der Waals surface area contributed by atoms with E-state index in [9.17, 15) is 15.2 Å². The number of hydrogen-bond donors (Lipinski definition) is 2. The summed E-state index contributed by atoms with van der Waals surface area (Å²) in [4.78, 5) is 27.5. The van der Waals surface area contributed by atoms with Gasteiger partial charge >= 0.3 is 0 Å². The normalized spacial score (nSPS) is 15.0. The second-order valence-electron chi connectivity index (χ2n) is 11.2. The molecule has 0 saturated carbocycles. The number of oxazole rings is 1. The highest BCUT2D eigenvalue weighted by molar-refractivity contribution is 6.33. The van der Waals surface area contributed by atoms with E-state index in [1.165, 1.54) is 6.07 Å². The number of β-amino-alcohol motifs (C(OH)–C–C–N with tert-alkyl or cyclic N) is 1. The van der Waals surface area contributed by atoms with Crippen molar-refractivity contribution in [1.29, 1.82) is 5.26 Å². The number of halogens is 1. The lowest BCUT2D eigenvalue weighted by Crippen LogP contribution is -2.21. The minimum absolute atomic E-state index is 0.233. The summed E-state index contributed by atoms with van der Waals surface area (Å²) in [6.07, 6.45) is 4.87. The number of hydrogen-bond acceptors (Lipinski definition) is 9. The molecule has 0 radical (unpaired) electrons. The lowest BCUT2D eigenvalue weighted by atomic mass is 9.96. The molecule has 3 aromatic heterocycles. The smallest absolute Gasteiger partial charge is 0.229 e. The number of nitriles is 1. The van der Waals surface area contributed by atoms with Gasteiger partial charge in [-0.25, -0.2) is 9.97 Å². The topological polar surface area (TPSA) is 128 Å². The fourth-order valence-corrected chi connectivity index (χ4v) is 6.25. The van der Waals surface area contributed by atoms with E-state index in [0.717, 1.165) is 58.4 Å². The molecule has 45 heavy (non-hydrogen) atoms. The number of rotatable bonds is 7. The maximum absolute atomic E-state index is 11.4. The number of carbonyl (C=O) groups excluding carboxylic acids is 1. The van der Waals surface area contributed by atoms with Gasteiger partial charge < -0.3 is 14.8 Å². The third-order valence-electron chi connectivity index (χ3n) is 8.14. The first-order chi connectivity index (χ1) is 21.9. The molecule has 4 heterocycles. The predicted octanol–water partition coefficient (Wildman–Crippen LogP) is 7.06. The van der Waals surface area contributed by atoms with Crippen molar-refractivity contribution in [3.63, 3.8) is 0 Å². The highest BCUT2D eigenvalue weighted by atomic mass is 35.5. The van der Waals surface area contributed by atoms with Crippen LogP contribution in [0.5, 0.6) is 0 Å². The average Bonchev–Trinajstić information content (AvgIpc) is 3.66. The molecule has 9 nitrogen and oxygen atoms in total. The second-order valence-corrected chi connectivity index (χ2v) is 11.6. The molecule has 0 aliphatic carbocycles. The van der Waals surface area contributed by atoms with Crippen LogP contribution < -0.4 is 5.32 Å². The molecule has 0 spiro atoms. The molecule has 0 bridgehead atoms. The van der Waals surface area contributed by atoms with Crippen LogP contribution in [0.4, 0.5) is 11.5 Å². The van der Waals surface area contributed by atoms with Crippen molar-refractivity contribution in [2.75, 3.05) is 18.4 Å². The van der Waals surface area contributed by atoms with E-state index >= 15 is 0 Å². The van der Waals surface area contributed by atoms with Gasteiger partial charge in [-0.05, 0) is 78.1 Å². The molecule has 3 aromatic carbocycles. The molecule has 1 aliphatic rings. The molecular formula is C35H27ClN6O3. The average molecular weight is 615 g/mol. The van der Waals surface area contributed by atoms with E-state index in [0.29, 0.717) is 45.9 Å². The van der Waals surface area contributed by atoms with E-state index in [1.807, 2.05) is 49.5 Å². The maximum Gasteiger partial charge on any atom is 0.229 e. The quantitative estimate of drug-likeness (QED) is 0.182. The molecule has 1 aliphatic heterocycles. The first-order valence-corrected chi connectivity index (χ1v) is 14.9. The van der Waals surface area contributed by atoms with Crippen LogP contribution in [0, 0.1) is 18.3 Å². The number of nitrogens with one attached hydrogen (secondary N) is 1. The largest absolute Gasteiger partial charge is 0.435 e. The monoisotopic (exact) mass is 614 g/mol. The van der Waals surface area contributed by atoms with Gasteiger partial charge in [-0.15, -0.1) is 0 Å². The highest BCUT2D eigenvalue weighted by Gasteiger charge is 2.21. The van der Waals surface area contributed by atoms with E-state index in [1.54, 1.807) is 18.3 Å². The molecule has 1 atom stereocenters. The molecule has 6 aromatic rings. The molecule has 1 saturated heterocycles. The number of anilines is 2. The Morgan fingerprint density at radius 3 is 2.87 bits per heavy atom. The van der Waals surface area contributed by atoms with E-state index in [-0.39, 0.29) is 17.6 Å². The van der Waals surface area contributed by atoms with Crippen LogP contribution in [0.3, 0.4) is 0 Å². The molecule has 10 heteroatoms. The Balaban J connectivity index is 1.20. The predicted molar refractivity (Wildman–Crippen MR) is 173 cm³/mol. The zero-order valence-electron chi connectivity index (χ0n) is 24.3. The molecule has 1 fully saturated rings. The molecule has 1 unspecified atom stereocenters. The summed E-state index contributed by atoms with van der Waals surface area (Å²) in [5.41, 5.74) is 7.32. The number of fused-ring (bicyclic) bond motifs is 2. The molecule has 2 N–H and O–H groups in total. The lowest BCUT2D eigenvalue weighted by Gasteiger charge is -2.16. The Morgan fingerprint density at radius 1 is 1.18 bits per heavy atom. The third-order valence-corrected chi connectivity index (χ3v) is 8.46. The minimum atomic E-state index is -0.255. The first-order valence-electron chi connectivity index (χ1n) is 14.5. The van der Waals surface area contributed by atoms with Crippen LogP contribution in [0.2, 0.25) is 5.02 Å². The van der Waals surface area contributed by atoms with Gasteiger partial charge in [0.25, 0.3) is 0 Å². The first kappa shape index (κ1) is 28.6. The Bertz CT molecular complexity index is 2150. The summed E-state index contributed by atoms with van der Waals surface area (Å²) in [5, 5.41) is 24.3. The third kappa shape index (κ3) is 5.51. The van der Waals surface area contributed by atoms with Crippen LogP contribution in [-0.2, 0) is 6.54 Å². The van der Waals surface area contributed by atoms with E-state index in [4.69, 9.17) is 21.0 Å². The zero-order valence-corrected chi connectivity index (χ0v) is 25.0. The fourth-order valence-electron chi connectivity index (χ4n) is 5.97. The number of aliphatic hydroxyl groups excluding tert-OH is 1.